The highest BCUT2D eigenvalue weighted by atomic mass is 32.1. The Bertz CT molecular complexity index is 774. The molecule has 0 saturated carbocycles. The molecule has 11 heteroatoms. The van der Waals surface area contributed by atoms with Gasteiger partial charge in [-0.2, -0.15) is 0 Å². The fourth-order valence-corrected chi connectivity index (χ4v) is 3.46. The van der Waals surface area contributed by atoms with Crippen molar-refractivity contribution in [3.8, 4) is 0 Å². The minimum atomic E-state index is -2.75. The molecule has 2 N–H and O–H groups in total. The molecule has 0 bridgehead atoms. The highest BCUT2D eigenvalue weighted by Gasteiger charge is 2.35. The fourth-order valence-electron chi connectivity index (χ4n) is 3.37. The molecule has 1 aromatic rings. The van der Waals surface area contributed by atoms with Gasteiger partial charge in [0.2, 0.25) is 5.91 Å². The summed E-state index contributed by atoms with van der Waals surface area (Å²) in [5.41, 5.74) is 1.47. The van der Waals surface area contributed by atoms with Crippen LogP contribution in [0.3, 0.4) is 0 Å². The number of nitrogens with one attached hydrogen (secondary N) is 1. The van der Waals surface area contributed by atoms with Gasteiger partial charge in [0, 0.05) is 26.2 Å². The minimum Gasteiger partial charge on any atom is -0.442 e. The molecule has 2 fully saturated rings. The number of carbonyl (C=O) groups is 2. The number of hydrogen-bond donors (Lipinski definition) is 2. The number of hydrogen-bond acceptors (Lipinski definition) is 6. The number of thiocarbonyl (C=S) groups is 1. The second-order valence-corrected chi connectivity index (χ2v) is 7.12. The monoisotopic (exact) mass is 428 g/mol. The summed E-state index contributed by atoms with van der Waals surface area (Å²) < 4.78 is 30.3. The van der Waals surface area contributed by atoms with Gasteiger partial charge in [0.15, 0.2) is 0 Å². The van der Waals surface area contributed by atoms with E-state index in [1.807, 2.05) is 12.1 Å². The maximum Gasteiger partial charge on any atom is 0.414 e. The van der Waals surface area contributed by atoms with Crippen molar-refractivity contribution in [2.24, 2.45) is 0 Å². The standard InChI is InChI=1S/C18H22F2N4O4S/c19-16(20)17(29)21-9-12-10-24(18(27)28-12)14-4-2-1-3-13(14)22-5-7-23(8-6-22)15(26)11-25/h1-4,12,16,25H,5-11H2,(H,21,29)/t12-/m0/s1. The van der Waals surface area contributed by atoms with Gasteiger partial charge in [-0.1, -0.05) is 24.4 Å². The minimum absolute atomic E-state index is 0.00945. The molecule has 29 heavy (non-hydrogen) atoms. The predicted octanol–water partition coefficient (Wildman–Crippen LogP) is 0.835. The number of piperazine rings is 1. The first-order chi connectivity index (χ1) is 13.9. The summed E-state index contributed by atoms with van der Waals surface area (Å²) in [5.74, 6) is -0.307. The molecule has 2 heterocycles. The molecule has 2 saturated heterocycles. The molecule has 0 unspecified atom stereocenters. The van der Waals surface area contributed by atoms with Gasteiger partial charge in [0.1, 0.15) is 17.7 Å². The summed E-state index contributed by atoms with van der Waals surface area (Å²) in [4.78, 5) is 28.6. The van der Waals surface area contributed by atoms with Gasteiger partial charge in [-0.25, -0.2) is 13.6 Å². The van der Waals surface area contributed by atoms with Crippen LogP contribution in [0, 0.1) is 0 Å². The average Bonchev–Trinajstić information content (AvgIpc) is 3.11. The zero-order chi connectivity index (χ0) is 21.0. The van der Waals surface area contributed by atoms with Crippen molar-refractivity contribution in [1.29, 1.82) is 0 Å². The first-order valence-electron chi connectivity index (χ1n) is 9.17. The van der Waals surface area contributed by atoms with E-state index in [9.17, 15) is 18.4 Å². The molecule has 0 aromatic heterocycles. The lowest BCUT2D eigenvalue weighted by Gasteiger charge is -2.37. The van der Waals surface area contributed by atoms with E-state index in [-0.39, 0.29) is 19.0 Å². The van der Waals surface area contributed by atoms with Crippen LogP contribution >= 0.6 is 12.2 Å². The van der Waals surface area contributed by atoms with Crippen LogP contribution in [0.4, 0.5) is 25.0 Å². The van der Waals surface area contributed by atoms with Crippen LogP contribution in [-0.4, -0.2) is 85.4 Å². The normalized spacial score (nSPS) is 19.5. The first kappa shape index (κ1) is 21.2. The van der Waals surface area contributed by atoms with Crippen LogP contribution in [0.15, 0.2) is 24.3 Å². The molecule has 0 spiro atoms. The third-order valence-corrected chi connectivity index (χ3v) is 5.18. The molecular formula is C18H22F2N4O4S. The smallest absolute Gasteiger partial charge is 0.414 e. The van der Waals surface area contributed by atoms with Gasteiger partial charge < -0.3 is 25.0 Å². The van der Waals surface area contributed by atoms with E-state index in [0.717, 1.165) is 5.69 Å². The van der Waals surface area contributed by atoms with Crippen molar-refractivity contribution >= 4 is 40.6 Å². The van der Waals surface area contributed by atoms with Crippen LogP contribution < -0.4 is 15.1 Å². The molecule has 0 radical (unpaired) electrons. The summed E-state index contributed by atoms with van der Waals surface area (Å²) in [6.07, 6.45) is -3.91. The Kier molecular flexibility index (Phi) is 6.80. The molecule has 1 aromatic carbocycles. The molecule has 1 atom stereocenters. The number of benzene rings is 1. The number of alkyl halides is 2. The maximum absolute atomic E-state index is 12.5. The third kappa shape index (κ3) is 4.91. The summed E-state index contributed by atoms with van der Waals surface area (Å²) in [7, 11) is 0. The number of aliphatic hydroxyl groups excluding tert-OH is 1. The molecule has 3 rings (SSSR count). The van der Waals surface area contributed by atoms with E-state index < -0.39 is 30.2 Å². The van der Waals surface area contributed by atoms with E-state index in [1.165, 1.54) is 4.90 Å². The zero-order valence-electron chi connectivity index (χ0n) is 15.6. The Hall–Kier alpha value is -2.53. The second-order valence-electron chi connectivity index (χ2n) is 6.68. The lowest BCUT2D eigenvalue weighted by Crippen LogP contribution is -2.50. The lowest BCUT2D eigenvalue weighted by atomic mass is 10.2. The van der Waals surface area contributed by atoms with Gasteiger partial charge in [-0.15, -0.1) is 0 Å². The Morgan fingerprint density at radius 2 is 1.90 bits per heavy atom. The molecular weight excluding hydrogens is 406 g/mol. The Balaban J connectivity index is 1.67. The van der Waals surface area contributed by atoms with Gasteiger partial charge in [-0.05, 0) is 12.1 Å². The van der Waals surface area contributed by atoms with Crippen molar-refractivity contribution < 1.29 is 28.2 Å². The van der Waals surface area contributed by atoms with E-state index in [2.05, 4.69) is 22.4 Å². The number of aliphatic hydroxyl groups is 1. The number of halogens is 2. The third-order valence-electron chi connectivity index (χ3n) is 4.86. The highest BCUT2D eigenvalue weighted by Crippen LogP contribution is 2.32. The van der Waals surface area contributed by atoms with E-state index >= 15 is 0 Å². The molecule has 8 nitrogen and oxygen atoms in total. The summed E-state index contributed by atoms with van der Waals surface area (Å²) in [5, 5.41) is 11.4. The predicted molar refractivity (Wildman–Crippen MR) is 107 cm³/mol. The Morgan fingerprint density at radius 1 is 1.24 bits per heavy atom. The summed E-state index contributed by atoms with van der Waals surface area (Å²) in [6, 6.07) is 7.33. The number of amides is 2. The van der Waals surface area contributed by atoms with Crippen molar-refractivity contribution in [3.05, 3.63) is 24.3 Å². The Morgan fingerprint density at radius 3 is 2.52 bits per heavy atom. The van der Waals surface area contributed by atoms with Crippen LogP contribution in [0.5, 0.6) is 0 Å². The molecule has 0 aliphatic carbocycles. The van der Waals surface area contributed by atoms with Crippen molar-refractivity contribution in [2.75, 3.05) is 55.7 Å². The van der Waals surface area contributed by atoms with Crippen molar-refractivity contribution in [3.63, 3.8) is 0 Å². The van der Waals surface area contributed by atoms with Crippen LogP contribution in [0.2, 0.25) is 0 Å². The number of rotatable bonds is 6. The van der Waals surface area contributed by atoms with E-state index in [1.54, 1.807) is 17.0 Å². The highest BCUT2D eigenvalue weighted by molar-refractivity contribution is 7.80. The number of anilines is 2. The van der Waals surface area contributed by atoms with Gasteiger partial charge in [0.05, 0.1) is 24.5 Å². The number of para-hydroxylation sites is 2. The lowest BCUT2D eigenvalue weighted by molar-refractivity contribution is -0.134. The van der Waals surface area contributed by atoms with E-state index in [4.69, 9.17) is 9.84 Å². The average molecular weight is 428 g/mol. The molecule has 2 amide bonds. The van der Waals surface area contributed by atoms with Crippen molar-refractivity contribution in [2.45, 2.75) is 12.5 Å². The number of carbonyl (C=O) groups excluding carboxylic acids is 2. The van der Waals surface area contributed by atoms with Gasteiger partial charge in [-0.3, -0.25) is 9.69 Å². The Labute approximate surface area is 172 Å². The van der Waals surface area contributed by atoms with Crippen LogP contribution in [0.1, 0.15) is 0 Å². The van der Waals surface area contributed by atoms with Gasteiger partial charge in [0.25, 0.3) is 6.43 Å². The van der Waals surface area contributed by atoms with E-state index in [0.29, 0.717) is 31.9 Å². The van der Waals surface area contributed by atoms with Crippen molar-refractivity contribution in [1.82, 2.24) is 10.2 Å². The maximum atomic E-state index is 12.5. The fraction of sp³-hybridized carbons (Fsp3) is 0.500. The zero-order valence-corrected chi connectivity index (χ0v) is 16.4. The number of cyclic esters (lactones) is 1. The van der Waals surface area contributed by atoms with Crippen LogP contribution in [-0.2, 0) is 9.53 Å². The first-order valence-corrected chi connectivity index (χ1v) is 9.58. The van der Waals surface area contributed by atoms with Crippen LogP contribution in [0.25, 0.3) is 0 Å². The molecule has 158 valence electrons. The summed E-state index contributed by atoms with van der Waals surface area (Å²) in [6.45, 7) is 1.75. The summed E-state index contributed by atoms with van der Waals surface area (Å²) >= 11 is 4.54. The number of nitrogens with zero attached hydrogens (tertiary/aromatic N) is 3. The second kappa shape index (κ2) is 9.31. The van der Waals surface area contributed by atoms with Gasteiger partial charge >= 0.3 is 6.09 Å². The molecule has 2 aliphatic rings. The number of ether oxygens (including phenoxy) is 1. The topological polar surface area (TPSA) is 85.3 Å². The SMILES string of the molecule is O=C(CO)N1CCN(c2ccccc2N2C[C@H](CNC(=S)C(F)F)OC2=O)CC1. The largest absolute Gasteiger partial charge is 0.442 e. The quantitative estimate of drug-likeness (QED) is 0.650. The molecule has 2 aliphatic heterocycles.